The Morgan fingerprint density at radius 2 is 1.89 bits per heavy atom. The third-order valence-corrected chi connectivity index (χ3v) is 4.10. The number of thiophene rings is 1. The van der Waals surface area contributed by atoms with E-state index in [1.807, 2.05) is 6.07 Å². The maximum atomic E-state index is 13.6. The normalized spacial score (nSPS) is 12.7. The standard InChI is InChI=1S/C14H15F2NS/c1-2-10-4-5-11(18-10)8-14(17)12-6-3-9(15)7-13(12)16/h3-7,14H,2,8,17H2,1H3. The van der Waals surface area contributed by atoms with Crippen LogP contribution in [-0.2, 0) is 12.8 Å². The van der Waals surface area contributed by atoms with Crippen LogP contribution in [0.5, 0.6) is 0 Å². The first-order valence-corrected chi connectivity index (χ1v) is 6.70. The van der Waals surface area contributed by atoms with Crippen LogP contribution in [0, 0.1) is 11.6 Å². The lowest BCUT2D eigenvalue weighted by Gasteiger charge is -2.11. The molecule has 2 rings (SSSR count). The van der Waals surface area contributed by atoms with E-state index in [1.54, 1.807) is 11.3 Å². The number of rotatable bonds is 4. The average molecular weight is 267 g/mol. The molecular formula is C14H15F2NS. The van der Waals surface area contributed by atoms with Crippen LogP contribution in [-0.4, -0.2) is 0 Å². The minimum absolute atomic E-state index is 0.364. The minimum Gasteiger partial charge on any atom is -0.324 e. The Morgan fingerprint density at radius 1 is 1.17 bits per heavy atom. The van der Waals surface area contributed by atoms with E-state index in [0.717, 1.165) is 17.4 Å². The monoisotopic (exact) mass is 267 g/mol. The van der Waals surface area contributed by atoms with Gasteiger partial charge in [0.1, 0.15) is 11.6 Å². The van der Waals surface area contributed by atoms with Crippen LogP contribution in [0.15, 0.2) is 30.3 Å². The van der Waals surface area contributed by atoms with Gasteiger partial charge in [-0.15, -0.1) is 11.3 Å². The van der Waals surface area contributed by atoms with Gasteiger partial charge in [0.05, 0.1) is 0 Å². The highest BCUT2D eigenvalue weighted by Gasteiger charge is 2.13. The van der Waals surface area contributed by atoms with Gasteiger partial charge in [0.15, 0.2) is 0 Å². The van der Waals surface area contributed by atoms with Crippen molar-refractivity contribution in [2.45, 2.75) is 25.8 Å². The van der Waals surface area contributed by atoms with Gasteiger partial charge in [-0.25, -0.2) is 8.78 Å². The van der Waals surface area contributed by atoms with Crippen molar-refractivity contribution >= 4 is 11.3 Å². The SMILES string of the molecule is CCc1ccc(CC(N)c2ccc(F)cc2F)s1. The topological polar surface area (TPSA) is 26.0 Å². The fourth-order valence-corrected chi connectivity index (χ4v) is 2.87. The third kappa shape index (κ3) is 2.94. The molecule has 96 valence electrons. The first-order chi connectivity index (χ1) is 8.60. The molecule has 0 fully saturated rings. The Balaban J connectivity index is 2.13. The van der Waals surface area contributed by atoms with Crippen molar-refractivity contribution in [1.82, 2.24) is 0 Å². The summed E-state index contributed by atoms with van der Waals surface area (Å²) in [6.45, 7) is 2.09. The first kappa shape index (κ1) is 13.2. The Bertz CT molecular complexity index is 536. The third-order valence-electron chi connectivity index (χ3n) is 2.85. The highest BCUT2D eigenvalue weighted by molar-refractivity contribution is 7.11. The summed E-state index contributed by atoms with van der Waals surface area (Å²) in [6.07, 6.45) is 1.57. The minimum atomic E-state index is -0.576. The molecule has 1 aromatic carbocycles. The zero-order chi connectivity index (χ0) is 13.1. The van der Waals surface area contributed by atoms with Gasteiger partial charge in [-0.1, -0.05) is 13.0 Å². The van der Waals surface area contributed by atoms with Crippen LogP contribution in [0.1, 0.15) is 28.3 Å². The summed E-state index contributed by atoms with van der Waals surface area (Å²) < 4.78 is 26.4. The molecule has 0 amide bonds. The largest absolute Gasteiger partial charge is 0.324 e. The van der Waals surface area contributed by atoms with Crippen LogP contribution in [0.25, 0.3) is 0 Å². The predicted molar refractivity (Wildman–Crippen MR) is 70.7 cm³/mol. The molecule has 0 spiro atoms. The fourth-order valence-electron chi connectivity index (χ4n) is 1.85. The van der Waals surface area contributed by atoms with Gasteiger partial charge in [-0.3, -0.25) is 0 Å². The summed E-state index contributed by atoms with van der Waals surface area (Å²) in [5, 5.41) is 0. The van der Waals surface area contributed by atoms with Crippen LogP contribution in [0.2, 0.25) is 0 Å². The lowest BCUT2D eigenvalue weighted by molar-refractivity contribution is 0.555. The molecule has 1 heterocycles. The Morgan fingerprint density at radius 3 is 2.50 bits per heavy atom. The zero-order valence-corrected chi connectivity index (χ0v) is 10.9. The molecule has 0 bridgehead atoms. The van der Waals surface area contributed by atoms with E-state index in [0.29, 0.717) is 12.0 Å². The van der Waals surface area contributed by atoms with Crippen molar-refractivity contribution in [3.05, 3.63) is 57.3 Å². The molecule has 0 aliphatic rings. The maximum Gasteiger partial charge on any atom is 0.130 e. The van der Waals surface area contributed by atoms with Gasteiger partial charge in [-0.2, -0.15) is 0 Å². The Hall–Kier alpha value is -1.26. The average Bonchev–Trinajstić information content (AvgIpc) is 2.76. The van der Waals surface area contributed by atoms with Crippen molar-refractivity contribution in [3.8, 4) is 0 Å². The quantitative estimate of drug-likeness (QED) is 0.895. The molecule has 1 unspecified atom stereocenters. The van der Waals surface area contributed by atoms with Crippen molar-refractivity contribution < 1.29 is 8.78 Å². The predicted octanol–water partition coefficient (Wildman–Crippen LogP) is 3.83. The number of aryl methyl sites for hydroxylation is 1. The molecule has 0 saturated carbocycles. The Kier molecular flexibility index (Phi) is 4.09. The highest BCUT2D eigenvalue weighted by atomic mass is 32.1. The van der Waals surface area contributed by atoms with Gasteiger partial charge in [0, 0.05) is 33.8 Å². The van der Waals surface area contributed by atoms with Crippen LogP contribution < -0.4 is 5.73 Å². The van der Waals surface area contributed by atoms with Crippen molar-refractivity contribution in [2.75, 3.05) is 0 Å². The van der Waals surface area contributed by atoms with E-state index in [-0.39, 0.29) is 0 Å². The summed E-state index contributed by atoms with van der Waals surface area (Å²) >= 11 is 1.69. The molecule has 1 atom stereocenters. The first-order valence-electron chi connectivity index (χ1n) is 5.88. The lowest BCUT2D eigenvalue weighted by Crippen LogP contribution is -2.14. The molecule has 1 aromatic heterocycles. The van der Waals surface area contributed by atoms with Gasteiger partial charge >= 0.3 is 0 Å². The second-order valence-corrected chi connectivity index (χ2v) is 5.45. The smallest absolute Gasteiger partial charge is 0.130 e. The molecule has 0 aliphatic heterocycles. The molecule has 0 saturated heterocycles. The number of halogens is 2. The lowest BCUT2D eigenvalue weighted by atomic mass is 10.0. The van der Waals surface area contributed by atoms with Crippen molar-refractivity contribution in [2.24, 2.45) is 5.73 Å². The van der Waals surface area contributed by atoms with Crippen LogP contribution >= 0.6 is 11.3 Å². The van der Waals surface area contributed by atoms with Gasteiger partial charge in [-0.05, 0) is 24.6 Å². The molecule has 2 N–H and O–H groups in total. The second kappa shape index (κ2) is 5.59. The Labute approximate surface area is 109 Å². The van der Waals surface area contributed by atoms with Crippen molar-refractivity contribution in [3.63, 3.8) is 0 Å². The number of nitrogens with two attached hydrogens (primary N) is 1. The second-order valence-electron chi connectivity index (χ2n) is 4.20. The van der Waals surface area contributed by atoms with Crippen molar-refractivity contribution in [1.29, 1.82) is 0 Å². The van der Waals surface area contributed by atoms with Gasteiger partial charge in [0.2, 0.25) is 0 Å². The maximum absolute atomic E-state index is 13.6. The zero-order valence-electron chi connectivity index (χ0n) is 10.1. The summed E-state index contributed by atoms with van der Waals surface area (Å²) in [5.74, 6) is -1.15. The molecular weight excluding hydrogens is 252 g/mol. The van der Waals surface area contributed by atoms with E-state index < -0.39 is 17.7 Å². The summed E-state index contributed by atoms with van der Waals surface area (Å²) in [4.78, 5) is 2.42. The number of benzene rings is 1. The van der Waals surface area contributed by atoms with Crippen LogP contribution in [0.4, 0.5) is 8.78 Å². The number of hydrogen-bond donors (Lipinski definition) is 1. The summed E-state index contributed by atoms with van der Waals surface area (Å²) in [5.41, 5.74) is 6.34. The number of hydrogen-bond acceptors (Lipinski definition) is 2. The van der Waals surface area contributed by atoms with Gasteiger partial charge in [0.25, 0.3) is 0 Å². The van der Waals surface area contributed by atoms with E-state index in [1.165, 1.54) is 17.0 Å². The van der Waals surface area contributed by atoms with E-state index >= 15 is 0 Å². The van der Waals surface area contributed by atoms with E-state index in [4.69, 9.17) is 5.73 Å². The van der Waals surface area contributed by atoms with E-state index in [2.05, 4.69) is 13.0 Å². The summed E-state index contributed by atoms with van der Waals surface area (Å²) in [6, 6.07) is 7.18. The molecule has 0 aliphatic carbocycles. The molecule has 18 heavy (non-hydrogen) atoms. The van der Waals surface area contributed by atoms with E-state index in [9.17, 15) is 8.78 Å². The van der Waals surface area contributed by atoms with Crippen LogP contribution in [0.3, 0.4) is 0 Å². The highest BCUT2D eigenvalue weighted by Crippen LogP contribution is 2.24. The van der Waals surface area contributed by atoms with Gasteiger partial charge < -0.3 is 5.73 Å². The molecule has 1 nitrogen and oxygen atoms in total. The fraction of sp³-hybridized carbons (Fsp3) is 0.286. The molecule has 4 heteroatoms. The molecule has 0 radical (unpaired) electrons. The summed E-state index contributed by atoms with van der Waals surface area (Å²) in [7, 11) is 0. The molecule has 2 aromatic rings.